The Balaban J connectivity index is 2.18. The van der Waals surface area contributed by atoms with Crippen LogP contribution in [-0.4, -0.2) is 21.5 Å². The summed E-state index contributed by atoms with van der Waals surface area (Å²) in [7, 11) is 0. The fraction of sp³-hybridized carbons (Fsp3) is 0.176. The van der Waals surface area contributed by atoms with Crippen molar-refractivity contribution < 1.29 is 9.66 Å². The molecule has 3 N–H and O–H groups in total. The molecule has 0 amide bonds. The molecule has 0 saturated carbocycles. The fourth-order valence-electron chi connectivity index (χ4n) is 2.48. The van der Waals surface area contributed by atoms with E-state index in [-0.39, 0.29) is 22.3 Å². The van der Waals surface area contributed by atoms with Crippen LogP contribution >= 0.6 is 0 Å². The van der Waals surface area contributed by atoms with Gasteiger partial charge in [0.2, 0.25) is 0 Å². The summed E-state index contributed by atoms with van der Waals surface area (Å²) in [5.74, 6) is 0.916. The molecule has 0 bridgehead atoms. The van der Waals surface area contributed by atoms with E-state index in [1.54, 1.807) is 12.1 Å². The Kier molecular flexibility index (Phi) is 4.34. The second kappa shape index (κ2) is 6.60. The van der Waals surface area contributed by atoms with Gasteiger partial charge in [-0.05, 0) is 24.6 Å². The molecule has 25 heavy (non-hydrogen) atoms. The molecular formula is C17H16N4O4. The van der Waals surface area contributed by atoms with Crippen LogP contribution in [0, 0.1) is 10.1 Å². The lowest BCUT2D eigenvalue weighted by molar-refractivity contribution is -0.383. The van der Waals surface area contributed by atoms with Crippen LogP contribution in [0.15, 0.2) is 41.2 Å². The third-order valence-corrected chi connectivity index (χ3v) is 3.65. The summed E-state index contributed by atoms with van der Waals surface area (Å²) < 4.78 is 5.69. The Morgan fingerprint density at radius 3 is 2.80 bits per heavy atom. The number of benzene rings is 2. The number of anilines is 1. The van der Waals surface area contributed by atoms with Crippen LogP contribution in [0.1, 0.15) is 13.3 Å². The van der Waals surface area contributed by atoms with Gasteiger partial charge in [-0.1, -0.05) is 19.1 Å². The molecule has 128 valence electrons. The number of hydrogen-bond acceptors (Lipinski definition) is 6. The average Bonchev–Trinajstić information content (AvgIpc) is 2.59. The summed E-state index contributed by atoms with van der Waals surface area (Å²) in [6, 6.07) is 9.68. The van der Waals surface area contributed by atoms with Crippen LogP contribution in [0.5, 0.6) is 5.75 Å². The maximum absolute atomic E-state index is 12.4. The summed E-state index contributed by atoms with van der Waals surface area (Å²) in [6.07, 6.45) is 0.843. The van der Waals surface area contributed by atoms with E-state index in [1.165, 1.54) is 6.07 Å². The molecule has 0 atom stereocenters. The van der Waals surface area contributed by atoms with E-state index < -0.39 is 10.5 Å². The first-order chi connectivity index (χ1) is 12.0. The van der Waals surface area contributed by atoms with Gasteiger partial charge in [0.1, 0.15) is 17.3 Å². The highest BCUT2D eigenvalue weighted by Crippen LogP contribution is 2.29. The molecule has 0 saturated heterocycles. The lowest BCUT2D eigenvalue weighted by Gasteiger charge is -2.10. The van der Waals surface area contributed by atoms with Crippen LogP contribution in [0.4, 0.5) is 11.4 Å². The van der Waals surface area contributed by atoms with Crippen molar-refractivity contribution in [3.05, 3.63) is 56.9 Å². The molecule has 8 nitrogen and oxygen atoms in total. The normalized spacial score (nSPS) is 10.8. The van der Waals surface area contributed by atoms with E-state index in [0.717, 1.165) is 12.5 Å². The summed E-state index contributed by atoms with van der Waals surface area (Å²) in [6.45, 7) is 2.53. The number of aromatic amines is 1. The Morgan fingerprint density at radius 2 is 2.08 bits per heavy atom. The number of H-pyrrole nitrogens is 1. The number of fused-ring (bicyclic) bond motifs is 1. The van der Waals surface area contributed by atoms with Crippen LogP contribution in [-0.2, 0) is 0 Å². The second-order valence-electron chi connectivity index (χ2n) is 5.44. The van der Waals surface area contributed by atoms with Crippen LogP contribution in [0.3, 0.4) is 0 Å². The Hall–Kier alpha value is -3.42. The number of nitrogens with one attached hydrogen (secondary N) is 1. The minimum absolute atomic E-state index is 0.0444. The van der Waals surface area contributed by atoms with Crippen molar-refractivity contribution in [1.29, 1.82) is 0 Å². The van der Waals surface area contributed by atoms with Gasteiger partial charge in [0.15, 0.2) is 0 Å². The predicted octanol–water partition coefficient (Wildman–Crippen LogP) is 2.87. The number of nitrogens with zero attached hydrogens (tertiary/aromatic N) is 2. The zero-order valence-corrected chi connectivity index (χ0v) is 13.5. The highest BCUT2D eigenvalue weighted by atomic mass is 16.6. The van der Waals surface area contributed by atoms with Gasteiger partial charge < -0.3 is 15.5 Å². The summed E-state index contributed by atoms with van der Waals surface area (Å²) in [4.78, 5) is 29.8. The van der Waals surface area contributed by atoms with Crippen LogP contribution in [0.2, 0.25) is 0 Å². The average molecular weight is 340 g/mol. The molecule has 0 fully saturated rings. The van der Waals surface area contributed by atoms with Crippen molar-refractivity contribution in [3.63, 3.8) is 0 Å². The summed E-state index contributed by atoms with van der Waals surface area (Å²) in [5.41, 5.74) is 5.78. The van der Waals surface area contributed by atoms with Crippen molar-refractivity contribution in [2.24, 2.45) is 0 Å². The molecule has 1 aromatic heterocycles. The minimum atomic E-state index is -0.629. The lowest BCUT2D eigenvalue weighted by Crippen LogP contribution is -2.11. The topological polar surface area (TPSA) is 124 Å². The first-order valence-electron chi connectivity index (χ1n) is 7.71. The summed E-state index contributed by atoms with van der Waals surface area (Å²) in [5, 5.41) is 11.1. The molecule has 0 spiro atoms. The van der Waals surface area contributed by atoms with Gasteiger partial charge in [-0.15, -0.1) is 0 Å². The third kappa shape index (κ3) is 3.14. The number of rotatable bonds is 5. The zero-order chi connectivity index (χ0) is 18.0. The monoisotopic (exact) mass is 340 g/mol. The van der Waals surface area contributed by atoms with Gasteiger partial charge >= 0.3 is 0 Å². The maximum atomic E-state index is 12.4. The number of aromatic nitrogens is 2. The largest absolute Gasteiger partial charge is 0.493 e. The fourth-order valence-corrected chi connectivity index (χ4v) is 2.48. The number of hydrogen-bond donors (Lipinski definition) is 2. The van der Waals surface area contributed by atoms with Crippen molar-refractivity contribution in [3.8, 4) is 17.1 Å². The molecule has 0 aliphatic carbocycles. The Morgan fingerprint density at radius 1 is 1.32 bits per heavy atom. The van der Waals surface area contributed by atoms with Crippen molar-refractivity contribution >= 4 is 22.3 Å². The molecular weight excluding hydrogens is 324 g/mol. The highest BCUT2D eigenvalue weighted by molar-refractivity contribution is 5.87. The molecule has 3 aromatic rings. The molecule has 0 aliphatic rings. The van der Waals surface area contributed by atoms with E-state index in [2.05, 4.69) is 9.97 Å². The molecule has 0 aliphatic heterocycles. The predicted molar refractivity (Wildman–Crippen MR) is 94.7 cm³/mol. The first kappa shape index (κ1) is 16.4. The van der Waals surface area contributed by atoms with E-state index in [9.17, 15) is 14.9 Å². The molecule has 8 heteroatoms. The van der Waals surface area contributed by atoms with Gasteiger partial charge in [0, 0.05) is 6.07 Å². The summed E-state index contributed by atoms with van der Waals surface area (Å²) >= 11 is 0. The molecule has 2 aromatic carbocycles. The van der Waals surface area contributed by atoms with Gasteiger partial charge in [0.05, 0.1) is 28.0 Å². The van der Waals surface area contributed by atoms with Crippen molar-refractivity contribution in [2.75, 3.05) is 12.3 Å². The van der Waals surface area contributed by atoms with E-state index in [1.807, 2.05) is 19.1 Å². The number of nitrogen functional groups attached to an aromatic ring is 1. The SMILES string of the molecule is CCCOc1ccccc1-c1nc2cc(N)c([N+](=O)[O-])cc2c(=O)[nH]1. The molecule has 0 radical (unpaired) electrons. The molecule has 1 heterocycles. The molecule has 0 unspecified atom stereocenters. The number of nitrogens with two attached hydrogens (primary N) is 1. The smallest absolute Gasteiger partial charge is 0.293 e. The lowest BCUT2D eigenvalue weighted by atomic mass is 10.1. The van der Waals surface area contributed by atoms with Crippen LogP contribution in [0.25, 0.3) is 22.3 Å². The van der Waals surface area contributed by atoms with Crippen molar-refractivity contribution in [2.45, 2.75) is 13.3 Å². The number of nitro benzene ring substituents is 1. The van der Waals surface area contributed by atoms with Gasteiger partial charge in [-0.25, -0.2) is 4.98 Å². The van der Waals surface area contributed by atoms with E-state index in [4.69, 9.17) is 10.5 Å². The molecule has 3 rings (SSSR count). The number of nitro groups is 1. The second-order valence-corrected chi connectivity index (χ2v) is 5.44. The zero-order valence-electron chi connectivity index (χ0n) is 13.5. The number of para-hydroxylation sites is 1. The standard InChI is InChI=1S/C17H16N4O4/c1-2-7-25-15-6-4-3-5-10(15)16-19-13-9-12(18)14(21(23)24)8-11(13)17(22)20-16/h3-6,8-9H,2,7,18H2,1H3,(H,19,20,22). The van der Waals surface area contributed by atoms with E-state index >= 15 is 0 Å². The van der Waals surface area contributed by atoms with Gasteiger partial charge in [0.25, 0.3) is 11.2 Å². The minimum Gasteiger partial charge on any atom is -0.493 e. The first-order valence-corrected chi connectivity index (χ1v) is 7.71. The Labute approximate surface area is 142 Å². The van der Waals surface area contributed by atoms with Gasteiger partial charge in [-0.3, -0.25) is 14.9 Å². The van der Waals surface area contributed by atoms with E-state index in [0.29, 0.717) is 23.7 Å². The maximum Gasteiger partial charge on any atom is 0.293 e. The number of ether oxygens (including phenoxy) is 1. The van der Waals surface area contributed by atoms with Crippen molar-refractivity contribution in [1.82, 2.24) is 9.97 Å². The van der Waals surface area contributed by atoms with Crippen LogP contribution < -0.4 is 16.0 Å². The third-order valence-electron chi connectivity index (χ3n) is 3.65. The van der Waals surface area contributed by atoms with Gasteiger partial charge in [-0.2, -0.15) is 0 Å². The quantitative estimate of drug-likeness (QED) is 0.418. The Bertz CT molecular complexity index is 1010. The highest BCUT2D eigenvalue weighted by Gasteiger charge is 2.17.